The van der Waals surface area contributed by atoms with Gasteiger partial charge in [0.15, 0.2) is 6.29 Å². The summed E-state index contributed by atoms with van der Waals surface area (Å²) in [5.41, 5.74) is 4.96. The molecule has 8 nitrogen and oxygen atoms in total. The Kier molecular flexibility index (Phi) is 5.61. The molecular weight excluding hydrogens is 389 g/mol. The van der Waals surface area contributed by atoms with Crippen molar-refractivity contribution in [2.24, 2.45) is 4.99 Å². The fourth-order valence-electron chi connectivity index (χ4n) is 3.54. The molecule has 3 aliphatic rings. The highest BCUT2D eigenvalue weighted by Crippen LogP contribution is 2.35. The Bertz CT molecular complexity index is 801. The van der Waals surface area contributed by atoms with Crippen LogP contribution in [0.5, 0.6) is 0 Å². The number of nitrogens with two attached hydrogens (primary N) is 1. The van der Waals surface area contributed by atoms with Gasteiger partial charge in [-0.1, -0.05) is 0 Å². The predicted molar refractivity (Wildman–Crippen MR) is 101 cm³/mol. The number of aromatic nitrogens is 1. The highest BCUT2D eigenvalue weighted by molar-refractivity contribution is 6.00. The van der Waals surface area contributed by atoms with Crippen molar-refractivity contribution in [3.63, 3.8) is 0 Å². The molecule has 0 aliphatic carbocycles. The number of ether oxygens (including phenoxy) is 2. The van der Waals surface area contributed by atoms with Crippen molar-refractivity contribution < 1.29 is 22.6 Å². The molecule has 2 saturated heterocycles. The molecule has 1 aromatic heterocycles. The zero-order valence-corrected chi connectivity index (χ0v) is 15.8. The van der Waals surface area contributed by atoms with Crippen LogP contribution in [0.4, 0.5) is 19.0 Å². The smallest absolute Gasteiger partial charge is 0.384 e. The van der Waals surface area contributed by atoms with Gasteiger partial charge in [0.1, 0.15) is 11.7 Å². The highest BCUT2D eigenvalue weighted by atomic mass is 19.4. The summed E-state index contributed by atoms with van der Waals surface area (Å²) in [4.78, 5) is 12.7. The van der Waals surface area contributed by atoms with Crippen molar-refractivity contribution >= 4 is 17.4 Å². The Morgan fingerprint density at radius 2 is 1.72 bits per heavy atom. The molecule has 0 bridgehead atoms. The Balaban J connectivity index is 1.72. The van der Waals surface area contributed by atoms with Gasteiger partial charge in [0.05, 0.1) is 32.0 Å². The molecule has 29 heavy (non-hydrogen) atoms. The van der Waals surface area contributed by atoms with Crippen molar-refractivity contribution in [3.8, 4) is 0 Å². The number of hydrogen-bond acceptors (Lipinski definition) is 8. The van der Waals surface area contributed by atoms with E-state index in [1.807, 2.05) is 4.90 Å². The zero-order chi connectivity index (χ0) is 20.4. The van der Waals surface area contributed by atoms with Crippen LogP contribution in [-0.4, -0.2) is 79.5 Å². The fourth-order valence-corrected chi connectivity index (χ4v) is 3.54. The van der Waals surface area contributed by atoms with Crippen LogP contribution in [-0.2, 0) is 15.7 Å². The van der Waals surface area contributed by atoms with Crippen molar-refractivity contribution in [2.75, 3.05) is 58.3 Å². The maximum absolute atomic E-state index is 13.7. The van der Waals surface area contributed by atoms with Gasteiger partial charge < -0.3 is 25.4 Å². The minimum atomic E-state index is -4.56. The number of anilines is 1. The quantitative estimate of drug-likeness (QED) is 0.749. The molecule has 0 aromatic carbocycles. The van der Waals surface area contributed by atoms with E-state index in [1.165, 1.54) is 0 Å². The second-order valence-corrected chi connectivity index (χ2v) is 6.96. The monoisotopic (exact) mass is 412 g/mol. The van der Waals surface area contributed by atoms with E-state index in [0.29, 0.717) is 64.1 Å². The standard InChI is InChI=1S/C18H23F3N6O2/c19-18(20,21)13-9-15(22)23-11-12(13)14-10-16(26-1-5-28-6-2-26)25-17(24-14)27-3-7-29-8-4-27/h9-11,17,24H,1-8H2,(H2,22,23). The van der Waals surface area contributed by atoms with Gasteiger partial charge in [-0.3, -0.25) is 4.90 Å². The van der Waals surface area contributed by atoms with Crippen molar-refractivity contribution in [1.29, 1.82) is 0 Å². The summed E-state index contributed by atoms with van der Waals surface area (Å²) in [7, 11) is 0. The van der Waals surface area contributed by atoms with Gasteiger partial charge in [-0.15, -0.1) is 0 Å². The number of pyridine rings is 1. The molecule has 0 radical (unpaired) electrons. The van der Waals surface area contributed by atoms with E-state index >= 15 is 0 Å². The molecule has 1 aromatic rings. The van der Waals surface area contributed by atoms with Crippen LogP contribution in [0.2, 0.25) is 0 Å². The maximum atomic E-state index is 13.7. The zero-order valence-electron chi connectivity index (χ0n) is 15.8. The lowest BCUT2D eigenvalue weighted by atomic mass is 10.0. The summed E-state index contributed by atoms with van der Waals surface area (Å²) >= 11 is 0. The summed E-state index contributed by atoms with van der Waals surface area (Å²) < 4.78 is 51.8. The molecule has 0 amide bonds. The van der Waals surface area contributed by atoms with Gasteiger partial charge in [0.25, 0.3) is 0 Å². The van der Waals surface area contributed by atoms with Crippen molar-refractivity contribution in [3.05, 3.63) is 29.5 Å². The van der Waals surface area contributed by atoms with Gasteiger partial charge in [0, 0.05) is 49.7 Å². The molecule has 4 rings (SSSR count). The molecule has 0 saturated carbocycles. The van der Waals surface area contributed by atoms with Crippen LogP contribution in [0, 0.1) is 0 Å². The normalized spacial score (nSPS) is 24.0. The molecule has 11 heteroatoms. The third-order valence-electron chi connectivity index (χ3n) is 5.06. The van der Waals surface area contributed by atoms with Gasteiger partial charge >= 0.3 is 6.18 Å². The lowest BCUT2D eigenvalue weighted by Crippen LogP contribution is -2.52. The van der Waals surface area contributed by atoms with Crippen LogP contribution < -0.4 is 11.1 Å². The lowest BCUT2D eigenvalue weighted by Gasteiger charge is -2.38. The summed E-state index contributed by atoms with van der Waals surface area (Å²) in [6, 6.07) is 0.863. The van der Waals surface area contributed by atoms with E-state index in [-0.39, 0.29) is 11.4 Å². The summed E-state index contributed by atoms with van der Waals surface area (Å²) in [5.74, 6) is 0.452. The number of hydrogen-bond donors (Lipinski definition) is 2. The first-order chi connectivity index (χ1) is 13.9. The summed E-state index contributed by atoms with van der Waals surface area (Å²) in [5, 5.41) is 3.15. The molecule has 0 spiro atoms. The van der Waals surface area contributed by atoms with Gasteiger partial charge in [0.2, 0.25) is 0 Å². The van der Waals surface area contributed by atoms with E-state index in [9.17, 15) is 13.2 Å². The number of morpholine rings is 2. The average Bonchev–Trinajstić information content (AvgIpc) is 2.74. The second-order valence-electron chi connectivity index (χ2n) is 6.96. The number of nitrogens with zero attached hydrogens (tertiary/aromatic N) is 4. The molecule has 4 heterocycles. The molecule has 1 unspecified atom stereocenters. The van der Waals surface area contributed by atoms with Crippen LogP contribution in [0.25, 0.3) is 5.70 Å². The molecular formula is C18H23F3N6O2. The maximum Gasteiger partial charge on any atom is 0.417 e. The average molecular weight is 412 g/mol. The van der Waals surface area contributed by atoms with E-state index in [2.05, 4.69) is 15.2 Å². The number of alkyl halides is 3. The molecule has 158 valence electrons. The SMILES string of the molecule is Nc1cc(C(F)(F)F)c(C2=CC(N3CCOCC3)=NC(N3CCOCC3)N2)cn1. The van der Waals surface area contributed by atoms with Crippen LogP contribution in [0.15, 0.2) is 23.3 Å². The third-order valence-corrected chi connectivity index (χ3v) is 5.06. The number of rotatable bonds is 2. The highest BCUT2D eigenvalue weighted by Gasteiger charge is 2.36. The Morgan fingerprint density at radius 3 is 2.38 bits per heavy atom. The van der Waals surface area contributed by atoms with Gasteiger partial charge in [-0.05, 0) is 6.07 Å². The summed E-state index contributed by atoms with van der Waals surface area (Å²) in [6.07, 6.45) is -2.24. The fraction of sp³-hybridized carbons (Fsp3) is 0.556. The molecule has 3 N–H and O–H groups in total. The first kappa shape index (κ1) is 19.9. The van der Waals surface area contributed by atoms with Crippen molar-refractivity contribution in [1.82, 2.24) is 20.1 Å². The second kappa shape index (κ2) is 8.17. The van der Waals surface area contributed by atoms with Gasteiger partial charge in [-0.2, -0.15) is 13.2 Å². The first-order valence-corrected chi connectivity index (χ1v) is 9.45. The van der Waals surface area contributed by atoms with Crippen LogP contribution in [0.3, 0.4) is 0 Å². The lowest BCUT2D eigenvalue weighted by molar-refractivity contribution is -0.137. The predicted octanol–water partition coefficient (Wildman–Crippen LogP) is 0.973. The largest absolute Gasteiger partial charge is 0.417 e. The number of amidine groups is 1. The Hall–Kier alpha value is -2.37. The molecule has 2 fully saturated rings. The number of nitrogen functional groups attached to an aromatic ring is 1. The third kappa shape index (κ3) is 4.46. The van der Waals surface area contributed by atoms with Crippen LogP contribution >= 0.6 is 0 Å². The number of nitrogens with one attached hydrogen (secondary N) is 1. The van der Waals surface area contributed by atoms with E-state index < -0.39 is 18.0 Å². The topological polar surface area (TPSA) is 88.2 Å². The minimum absolute atomic E-state index is 0.0504. The molecule has 1 atom stereocenters. The number of halogens is 3. The summed E-state index contributed by atoms with van der Waals surface area (Å²) in [6.45, 7) is 4.74. The first-order valence-electron chi connectivity index (χ1n) is 9.45. The van der Waals surface area contributed by atoms with Crippen LogP contribution in [0.1, 0.15) is 11.1 Å². The van der Waals surface area contributed by atoms with E-state index in [4.69, 9.17) is 20.2 Å². The number of aliphatic imine (C=N–C) groups is 1. The molecule has 3 aliphatic heterocycles. The van der Waals surface area contributed by atoms with Crippen molar-refractivity contribution in [2.45, 2.75) is 12.5 Å². The Morgan fingerprint density at radius 1 is 1.07 bits per heavy atom. The Labute approximate surface area is 166 Å². The van der Waals surface area contributed by atoms with E-state index in [1.54, 1.807) is 6.08 Å². The van der Waals surface area contributed by atoms with Gasteiger partial charge in [-0.25, -0.2) is 9.98 Å². The minimum Gasteiger partial charge on any atom is -0.384 e. The van der Waals surface area contributed by atoms with E-state index in [0.717, 1.165) is 12.3 Å².